The minimum atomic E-state index is -4.74. The van der Waals surface area contributed by atoms with Crippen LogP contribution in [0.5, 0.6) is 5.75 Å². The van der Waals surface area contributed by atoms with Gasteiger partial charge in [0, 0.05) is 31.9 Å². The zero-order valence-electron chi connectivity index (χ0n) is 18.4. The van der Waals surface area contributed by atoms with Crippen LogP contribution in [-0.2, 0) is 7.05 Å². The average Bonchev–Trinajstić information content (AvgIpc) is 2.77. The third kappa shape index (κ3) is 4.75. The fourth-order valence-electron chi connectivity index (χ4n) is 4.31. The van der Waals surface area contributed by atoms with Crippen LogP contribution in [0.15, 0.2) is 41.2 Å². The number of nitriles is 1. The number of nitrogens with one attached hydrogen (secondary N) is 1. The Hall–Kier alpha value is -3.45. The van der Waals surface area contributed by atoms with E-state index in [0.717, 1.165) is 0 Å². The summed E-state index contributed by atoms with van der Waals surface area (Å²) in [6, 6.07) is 11.0. The van der Waals surface area contributed by atoms with Crippen molar-refractivity contribution in [2.75, 3.05) is 23.3 Å². The van der Waals surface area contributed by atoms with E-state index in [1.807, 2.05) is 17.9 Å². The third-order valence-corrected chi connectivity index (χ3v) is 6.16. The molecule has 0 unspecified atom stereocenters. The van der Waals surface area contributed by atoms with Gasteiger partial charge in [0.05, 0.1) is 11.2 Å². The Morgan fingerprint density at radius 1 is 1.24 bits per heavy atom. The summed E-state index contributed by atoms with van der Waals surface area (Å²) in [7, 11) is 1.59. The highest BCUT2D eigenvalue weighted by Crippen LogP contribution is 2.33. The van der Waals surface area contributed by atoms with E-state index in [9.17, 15) is 23.2 Å². The molecule has 1 aliphatic heterocycles. The van der Waals surface area contributed by atoms with Crippen LogP contribution >= 0.6 is 11.6 Å². The Bertz CT molecular complexity index is 1320. The molecule has 11 heteroatoms. The van der Waals surface area contributed by atoms with Crippen LogP contribution in [0.3, 0.4) is 0 Å². The topological polar surface area (TPSA) is 83.2 Å². The molecule has 0 aliphatic carbocycles. The van der Waals surface area contributed by atoms with Crippen molar-refractivity contribution in [2.45, 2.75) is 25.7 Å². The lowest BCUT2D eigenvalue weighted by atomic mass is 9.92. The summed E-state index contributed by atoms with van der Waals surface area (Å²) in [4.78, 5) is 19.2. The first kappa shape index (κ1) is 23.7. The van der Waals surface area contributed by atoms with Crippen LogP contribution in [-0.4, -0.2) is 35.0 Å². The van der Waals surface area contributed by atoms with Crippen LogP contribution in [0.1, 0.15) is 18.9 Å². The number of piperidine rings is 1. The number of pyridine rings is 2. The smallest absolute Gasteiger partial charge is 0.406 e. The second-order valence-electron chi connectivity index (χ2n) is 8.24. The molecule has 7 nitrogen and oxygen atoms in total. The SMILES string of the molecule is C[C@H]1CN(c2c(C#N)c(=O)n(C)c3ccc(Cl)nc23)CC[C@H]1Nc1ccc(OC(F)(F)F)cc1. The number of aromatic nitrogens is 2. The van der Waals surface area contributed by atoms with Gasteiger partial charge in [0.2, 0.25) is 0 Å². The van der Waals surface area contributed by atoms with E-state index in [0.29, 0.717) is 41.9 Å². The largest absolute Gasteiger partial charge is 0.573 e. The zero-order chi connectivity index (χ0) is 24.6. The van der Waals surface area contributed by atoms with E-state index in [2.05, 4.69) is 15.0 Å². The molecule has 3 heterocycles. The quantitative estimate of drug-likeness (QED) is 0.533. The highest BCUT2D eigenvalue weighted by molar-refractivity contribution is 6.29. The molecule has 0 amide bonds. The van der Waals surface area contributed by atoms with Gasteiger partial charge in [-0.1, -0.05) is 18.5 Å². The predicted octanol–water partition coefficient (Wildman–Crippen LogP) is 4.68. The Labute approximate surface area is 198 Å². The highest BCUT2D eigenvalue weighted by atomic mass is 35.5. The fourth-order valence-corrected chi connectivity index (χ4v) is 4.46. The first-order valence-electron chi connectivity index (χ1n) is 10.5. The number of hydrogen-bond acceptors (Lipinski definition) is 6. The molecule has 1 aromatic carbocycles. The van der Waals surface area contributed by atoms with E-state index in [-0.39, 0.29) is 28.4 Å². The van der Waals surface area contributed by atoms with Crippen molar-refractivity contribution in [3.05, 3.63) is 57.5 Å². The molecule has 1 fully saturated rings. The van der Waals surface area contributed by atoms with Gasteiger partial charge in [-0.25, -0.2) is 4.98 Å². The second-order valence-corrected chi connectivity index (χ2v) is 8.62. The normalized spacial score (nSPS) is 18.6. The summed E-state index contributed by atoms with van der Waals surface area (Å²) in [5.41, 5.74) is 1.83. The van der Waals surface area contributed by atoms with Crippen LogP contribution in [0.2, 0.25) is 5.15 Å². The van der Waals surface area contributed by atoms with Crippen LogP contribution in [0.4, 0.5) is 24.5 Å². The number of halogens is 4. The van der Waals surface area contributed by atoms with Gasteiger partial charge in [-0.15, -0.1) is 13.2 Å². The van der Waals surface area contributed by atoms with Crippen molar-refractivity contribution in [3.8, 4) is 11.8 Å². The van der Waals surface area contributed by atoms with Crippen molar-refractivity contribution < 1.29 is 17.9 Å². The van der Waals surface area contributed by atoms with Gasteiger partial charge in [0.1, 0.15) is 28.1 Å². The van der Waals surface area contributed by atoms with E-state index >= 15 is 0 Å². The minimum absolute atomic E-state index is 0.0172. The molecule has 178 valence electrons. The average molecular weight is 492 g/mol. The number of nitrogens with zero attached hydrogens (tertiary/aromatic N) is 4. The molecule has 34 heavy (non-hydrogen) atoms. The Balaban J connectivity index is 1.56. The summed E-state index contributed by atoms with van der Waals surface area (Å²) < 4.78 is 42.4. The van der Waals surface area contributed by atoms with E-state index in [1.165, 1.54) is 28.8 Å². The molecule has 1 saturated heterocycles. The maximum Gasteiger partial charge on any atom is 0.573 e. The lowest BCUT2D eigenvalue weighted by molar-refractivity contribution is -0.274. The van der Waals surface area contributed by atoms with Gasteiger partial charge < -0.3 is 19.5 Å². The van der Waals surface area contributed by atoms with Crippen molar-refractivity contribution in [1.29, 1.82) is 5.26 Å². The molecular formula is C23H21ClF3N5O2. The zero-order valence-corrected chi connectivity index (χ0v) is 19.1. The molecule has 0 saturated carbocycles. The van der Waals surface area contributed by atoms with Crippen LogP contribution in [0, 0.1) is 17.2 Å². The molecule has 4 rings (SSSR count). The maximum atomic E-state index is 12.8. The monoisotopic (exact) mass is 491 g/mol. The van der Waals surface area contributed by atoms with Crippen LogP contribution < -0.4 is 20.5 Å². The van der Waals surface area contributed by atoms with Gasteiger partial charge in [-0.05, 0) is 48.7 Å². The van der Waals surface area contributed by atoms with Gasteiger partial charge in [-0.3, -0.25) is 4.79 Å². The molecule has 2 aromatic heterocycles. The molecule has 2 atom stereocenters. The van der Waals surface area contributed by atoms with E-state index in [4.69, 9.17) is 11.6 Å². The number of hydrogen-bond donors (Lipinski definition) is 1. The van der Waals surface area contributed by atoms with E-state index < -0.39 is 11.9 Å². The molecule has 0 radical (unpaired) electrons. The van der Waals surface area contributed by atoms with Gasteiger partial charge in [0.25, 0.3) is 5.56 Å². The summed E-state index contributed by atoms with van der Waals surface area (Å²) >= 11 is 6.12. The van der Waals surface area contributed by atoms with Gasteiger partial charge in [-0.2, -0.15) is 5.26 Å². The number of alkyl halides is 3. The number of aryl methyl sites for hydroxylation is 1. The second kappa shape index (κ2) is 9.06. The van der Waals surface area contributed by atoms with Crippen LogP contribution in [0.25, 0.3) is 11.0 Å². The summed E-state index contributed by atoms with van der Waals surface area (Å²) in [5.74, 6) is -0.196. The number of anilines is 2. The maximum absolute atomic E-state index is 12.8. The van der Waals surface area contributed by atoms with Crippen molar-refractivity contribution >= 4 is 34.0 Å². The van der Waals surface area contributed by atoms with E-state index in [1.54, 1.807) is 19.2 Å². The fraction of sp³-hybridized carbons (Fsp3) is 0.348. The standard InChI is InChI=1S/C23H21ClF3N5O2/c1-13-12-32(10-9-17(13)29-14-3-5-15(6-4-14)34-23(25,26)27)21-16(11-28)22(33)31(2)18-7-8-19(24)30-20(18)21/h3-8,13,17,29H,9-10,12H2,1-2H3/t13-,17+/m0/s1. The Morgan fingerprint density at radius 2 is 1.94 bits per heavy atom. The molecule has 1 aliphatic rings. The van der Waals surface area contributed by atoms with Crippen molar-refractivity contribution in [1.82, 2.24) is 9.55 Å². The Morgan fingerprint density at radius 3 is 2.56 bits per heavy atom. The highest BCUT2D eigenvalue weighted by Gasteiger charge is 2.32. The lowest BCUT2D eigenvalue weighted by Crippen LogP contribution is -2.46. The van der Waals surface area contributed by atoms with Crippen molar-refractivity contribution in [2.24, 2.45) is 13.0 Å². The summed E-state index contributed by atoms with van der Waals surface area (Å²) in [6.07, 6.45) is -4.07. The number of fused-ring (bicyclic) bond motifs is 1. The molecule has 3 aromatic rings. The van der Waals surface area contributed by atoms with Crippen molar-refractivity contribution in [3.63, 3.8) is 0 Å². The summed E-state index contributed by atoms with van der Waals surface area (Å²) in [5, 5.41) is 13.4. The Kier molecular flexibility index (Phi) is 6.32. The molecule has 1 N–H and O–H groups in total. The number of benzene rings is 1. The lowest BCUT2D eigenvalue weighted by Gasteiger charge is -2.39. The number of ether oxygens (including phenoxy) is 1. The van der Waals surface area contributed by atoms with Gasteiger partial charge in [0.15, 0.2) is 0 Å². The van der Waals surface area contributed by atoms with Gasteiger partial charge >= 0.3 is 6.36 Å². The minimum Gasteiger partial charge on any atom is -0.406 e. The molecule has 0 spiro atoms. The molecular weight excluding hydrogens is 471 g/mol. The number of rotatable bonds is 4. The molecule has 0 bridgehead atoms. The predicted molar refractivity (Wildman–Crippen MR) is 123 cm³/mol. The first-order valence-corrected chi connectivity index (χ1v) is 10.9. The first-order chi connectivity index (χ1) is 16.1. The summed E-state index contributed by atoms with van der Waals surface area (Å²) in [6.45, 7) is 3.11. The third-order valence-electron chi connectivity index (χ3n) is 5.95.